The number of piperidine rings is 2. The fourth-order valence-corrected chi connectivity index (χ4v) is 5.80. The van der Waals surface area contributed by atoms with Gasteiger partial charge in [-0.15, -0.1) is 0 Å². The molecule has 7 nitrogen and oxygen atoms in total. The highest BCUT2D eigenvalue weighted by Crippen LogP contribution is 2.41. The molecule has 3 aromatic rings. The Hall–Kier alpha value is -2.67. The number of benzene rings is 1. The second-order valence-corrected chi connectivity index (χ2v) is 12.0. The molecule has 4 heterocycles. The lowest BCUT2D eigenvalue weighted by atomic mass is 9.78. The molecule has 3 aliphatic rings. The molecule has 1 N–H and O–H groups in total. The van der Waals surface area contributed by atoms with E-state index >= 15 is 0 Å². The van der Waals surface area contributed by atoms with Crippen LogP contribution in [0.15, 0.2) is 30.6 Å². The Balaban J connectivity index is 1.10. The van der Waals surface area contributed by atoms with Crippen molar-refractivity contribution in [1.82, 2.24) is 25.1 Å². The Labute approximate surface area is 214 Å². The molecule has 0 spiro atoms. The van der Waals surface area contributed by atoms with Crippen molar-refractivity contribution < 1.29 is 4.74 Å². The SMILES string of the molecule is CCC1(C)CCN(CC2CCN(c3cc(-c4n[nH]c5ccc(OC6(C)CC6)cc45)ncn3)CC2)CC1. The van der Waals surface area contributed by atoms with E-state index in [0.29, 0.717) is 5.41 Å². The fraction of sp³-hybridized carbons (Fsp3) is 0.621. The first-order valence-corrected chi connectivity index (χ1v) is 13.9. The number of fused-ring (bicyclic) bond motifs is 1. The van der Waals surface area contributed by atoms with Crippen molar-refractivity contribution in [2.45, 2.75) is 71.3 Å². The first-order valence-electron chi connectivity index (χ1n) is 13.9. The number of aromatic amines is 1. The van der Waals surface area contributed by atoms with Crippen molar-refractivity contribution in [2.24, 2.45) is 11.3 Å². The molecular formula is C29H40N6O. The fourth-order valence-electron chi connectivity index (χ4n) is 5.80. The summed E-state index contributed by atoms with van der Waals surface area (Å²) in [5.41, 5.74) is 3.27. The standard InChI is InChI=1S/C29H40N6O/c1-4-28(2)11-15-34(16-12-28)19-21-7-13-35(14-8-21)26-18-25(30-20-31-26)27-23-17-22(36-29(3)9-10-29)5-6-24(23)32-33-27/h5-6,17-18,20-21H,4,7-16,19H2,1-3H3,(H,32,33). The van der Waals surface area contributed by atoms with Crippen LogP contribution in [0.4, 0.5) is 5.82 Å². The number of rotatable bonds is 7. The molecule has 0 radical (unpaired) electrons. The van der Waals surface area contributed by atoms with E-state index in [9.17, 15) is 0 Å². The molecular weight excluding hydrogens is 448 g/mol. The summed E-state index contributed by atoms with van der Waals surface area (Å²) >= 11 is 0. The first-order chi connectivity index (χ1) is 17.4. The molecule has 2 saturated heterocycles. The van der Waals surface area contributed by atoms with E-state index in [2.05, 4.69) is 62.9 Å². The highest BCUT2D eigenvalue weighted by molar-refractivity contribution is 5.93. The zero-order chi connectivity index (χ0) is 24.8. The zero-order valence-corrected chi connectivity index (χ0v) is 22.1. The largest absolute Gasteiger partial charge is 0.488 e. The maximum Gasteiger partial charge on any atom is 0.132 e. The van der Waals surface area contributed by atoms with Crippen molar-refractivity contribution in [3.05, 3.63) is 30.6 Å². The topological polar surface area (TPSA) is 70.2 Å². The van der Waals surface area contributed by atoms with Crippen molar-refractivity contribution in [1.29, 1.82) is 0 Å². The summed E-state index contributed by atoms with van der Waals surface area (Å²) < 4.78 is 6.19. The van der Waals surface area contributed by atoms with Gasteiger partial charge in [0.25, 0.3) is 0 Å². The Morgan fingerprint density at radius 3 is 2.50 bits per heavy atom. The summed E-state index contributed by atoms with van der Waals surface area (Å²) in [6.07, 6.45) is 10.4. The molecule has 0 atom stereocenters. The number of ether oxygens (including phenoxy) is 1. The van der Waals surface area contributed by atoms with Gasteiger partial charge >= 0.3 is 0 Å². The predicted molar refractivity (Wildman–Crippen MR) is 144 cm³/mol. The van der Waals surface area contributed by atoms with Crippen LogP contribution in [-0.2, 0) is 0 Å². The molecule has 2 aliphatic heterocycles. The molecule has 6 rings (SSSR count). The lowest BCUT2D eigenvalue weighted by Gasteiger charge is -2.41. The molecule has 2 aromatic heterocycles. The monoisotopic (exact) mass is 488 g/mol. The number of nitrogens with one attached hydrogen (secondary N) is 1. The summed E-state index contributed by atoms with van der Waals surface area (Å²) in [5.74, 6) is 2.69. The van der Waals surface area contributed by atoms with Crippen molar-refractivity contribution >= 4 is 16.7 Å². The van der Waals surface area contributed by atoms with Gasteiger partial charge in [0.1, 0.15) is 29.2 Å². The van der Waals surface area contributed by atoms with Crippen LogP contribution in [-0.4, -0.2) is 63.4 Å². The second kappa shape index (κ2) is 9.33. The summed E-state index contributed by atoms with van der Waals surface area (Å²) in [6.45, 7) is 12.9. The van der Waals surface area contributed by atoms with Gasteiger partial charge in [0.15, 0.2) is 0 Å². The second-order valence-electron chi connectivity index (χ2n) is 12.0. The smallest absolute Gasteiger partial charge is 0.132 e. The number of aromatic nitrogens is 4. The van der Waals surface area contributed by atoms with Gasteiger partial charge < -0.3 is 14.5 Å². The van der Waals surface area contributed by atoms with Gasteiger partial charge in [-0.3, -0.25) is 5.10 Å². The maximum atomic E-state index is 6.19. The van der Waals surface area contributed by atoms with E-state index in [0.717, 1.165) is 65.7 Å². The number of hydrogen-bond donors (Lipinski definition) is 1. The van der Waals surface area contributed by atoms with E-state index in [1.807, 2.05) is 12.1 Å². The molecule has 3 fully saturated rings. The molecule has 0 unspecified atom stereocenters. The molecule has 1 saturated carbocycles. The van der Waals surface area contributed by atoms with E-state index in [-0.39, 0.29) is 5.60 Å². The van der Waals surface area contributed by atoms with Gasteiger partial charge in [-0.1, -0.05) is 20.3 Å². The number of H-pyrrole nitrogens is 1. The third kappa shape index (κ3) is 4.95. The van der Waals surface area contributed by atoms with Gasteiger partial charge in [0.2, 0.25) is 0 Å². The summed E-state index contributed by atoms with van der Waals surface area (Å²) in [7, 11) is 0. The third-order valence-corrected chi connectivity index (χ3v) is 9.12. The van der Waals surface area contributed by atoms with Gasteiger partial charge in [-0.25, -0.2) is 9.97 Å². The number of anilines is 1. The van der Waals surface area contributed by atoms with E-state index < -0.39 is 0 Å². The summed E-state index contributed by atoms with van der Waals surface area (Å²) in [6, 6.07) is 8.26. The Bertz CT molecular complexity index is 1200. The summed E-state index contributed by atoms with van der Waals surface area (Å²) in [5, 5.41) is 8.81. The summed E-state index contributed by atoms with van der Waals surface area (Å²) in [4.78, 5) is 14.4. The van der Waals surface area contributed by atoms with Crippen LogP contribution in [0.2, 0.25) is 0 Å². The minimum absolute atomic E-state index is 0.00409. The minimum atomic E-state index is -0.00409. The minimum Gasteiger partial charge on any atom is -0.488 e. The van der Waals surface area contributed by atoms with Gasteiger partial charge in [0.05, 0.1) is 11.2 Å². The van der Waals surface area contributed by atoms with Crippen LogP contribution in [0.1, 0.15) is 65.7 Å². The third-order valence-electron chi connectivity index (χ3n) is 9.12. The van der Waals surface area contributed by atoms with E-state index in [1.54, 1.807) is 6.33 Å². The zero-order valence-electron chi connectivity index (χ0n) is 22.1. The lowest BCUT2D eigenvalue weighted by molar-refractivity contribution is 0.0969. The quantitative estimate of drug-likeness (QED) is 0.461. The molecule has 192 valence electrons. The number of likely N-dealkylation sites (tertiary alicyclic amines) is 1. The average Bonchev–Trinajstić information content (AvgIpc) is 3.48. The Kier molecular flexibility index (Phi) is 6.14. The van der Waals surface area contributed by atoms with Crippen LogP contribution in [0.3, 0.4) is 0 Å². The van der Waals surface area contributed by atoms with Gasteiger partial charge in [-0.2, -0.15) is 5.10 Å². The number of nitrogens with zero attached hydrogens (tertiary/aromatic N) is 5. The highest BCUT2D eigenvalue weighted by Gasteiger charge is 2.40. The van der Waals surface area contributed by atoms with Crippen molar-refractivity contribution in [2.75, 3.05) is 37.6 Å². The van der Waals surface area contributed by atoms with Crippen LogP contribution in [0.25, 0.3) is 22.3 Å². The molecule has 0 amide bonds. The molecule has 36 heavy (non-hydrogen) atoms. The normalized spacial score (nSPS) is 22.1. The van der Waals surface area contributed by atoms with E-state index in [1.165, 1.54) is 51.7 Å². The molecule has 1 aliphatic carbocycles. The molecule has 7 heteroatoms. The van der Waals surface area contributed by atoms with E-state index in [4.69, 9.17) is 4.74 Å². The van der Waals surface area contributed by atoms with Crippen LogP contribution >= 0.6 is 0 Å². The predicted octanol–water partition coefficient (Wildman–Crippen LogP) is 5.68. The maximum absolute atomic E-state index is 6.19. The van der Waals surface area contributed by atoms with Crippen molar-refractivity contribution in [3.63, 3.8) is 0 Å². The molecule has 1 aromatic carbocycles. The highest BCUT2D eigenvalue weighted by atomic mass is 16.5. The average molecular weight is 489 g/mol. The van der Waals surface area contributed by atoms with Crippen molar-refractivity contribution in [3.8, 4) is 17.1 Å². The number of hydrogen-bond acceptors (Lipinski definition) is 6. The van der Waals surface area contributed by atoms with Gasteiger partial charge in [0, 0.05) is 31.1 Å². The Morgan fingerprint density at radius 2 is 1.78 bits per heavy atom. The van der Waals surface area contributed by atoms with Crippen LogP contribution < -0.4 is 9.64 Å². The van der Waals surface area contributed by atoms with Crippen LogP contribution in [0.5, 0.6) is 5.75 Å². The first kappa shape index (κ1) is 23.7. The lowest BCUT2D eigenvalue weighted by Crippen LogP contribution is -2.43. The van der Waals surface area contributed by atoms with Gasteiger partial charge in [-0.05, 0) is 88.1 Å². The Morgan fingerprint density at radius 1 is 1.00 bits per heavy atom. The van der Waals surface area contributed by atoms with Crippen LogP contribution in [0, 0.1) is 11.3 Å². The molecule has 0 bridgehead atoms.